The topological polar surface area (TPSA) is 173 Å². The Balaban J connectivity index is 0.691. The van der Waals surface area contributed by atoms with Crippen molar-refractivity contribution in [2.24, 2.45) is 5.92 Å². The summed E-state index contributed by atoms with van der Waals surface area (Å²) < 4.78 is 0. The van der Waals surface area contributed by atoms with Gasteiger partial charge in [0.05, 0.1) is 16.8 Å². The van der Waals surface area contributed by atoms with Crippen LogP contribution >= 0.6 is 0 Å². The summed E-state index contributed by atoms with van der Waals surface area (Å²) in [5, 5.41) is 8.61. The van der Waals surface area contributed by atoms with Gasteiger partial charge >= 0.3 is 0 Å². The molecule has 64 heavy (non-hydrogen) atoms. The number of rotatable bonds is 11. The molecule has 3 unspecified atom stereocenters. The average molecular weight is 859 g/mol. The summed E-state index contributed by atoms with van der Waals surface area (Å²) in [6.45, 7) is 7.71. The van der Waals surface area contributed by atoms with Crippen LogP contribution in [0.15, 0.2) is 97.5 Å². The Labute approximate surface area is 371 Å². The van der Waals surface area contributed by atoms with E-state index in [1.807, 2.05) is 67.6 Å². The summed E-state index contributed by atoms with van der Waals surface area (Å²) in [5.41, 5.74) is 7.45. The second-order valence-electron chi connectivity index (χ2n) is 17.7. The van der Waals surface area contributed by atoms with Crippen LogP contribution in [-0.2, 0) is 16.1 Å². The van der Waals surface area contributed by atoms with Crippen LogP contribution < -0.4 is 20.9 Å². The van der Waals surface area contributed by atoms with Crippen LogP contribution in [-0.4, -0.2) is 110 Å². The summed E-state index contributed by atoms with van der Waals surface area (Å²) in [5.74, 6) is -1.03. The van der Waals surface area contributed by atoms with Crippen LogP contribution in [0.25, 0.3) is 11.3 Å². The molecule has 15 heteroatoms. The zero-order valence-corrected chi connectivity index (χ0v) is 35.7. The van der Waals surface area contributed by atoms with Crippen molar-refractivity contribution in [1.82, 2.24) is 35.0 Å². The maximum atomic E-state index is 13.5. The number of aryl methyl sites for hydroxylation is 1. The van der Waals surface area contributed by atoms with Gasteiger partial charge in [-0.25, -0.2) is 9.97 Å². The first kappa shape index (κ1) is 41.2. The lowest BCUT2D eigenvalue weighted by molar-refractivity contribution is -0.136. The Morgan fingerprint density at radius 1 is 0.828 bits per heavy atom. The molecule has 0 saturated carbocycles. The molecule has 0 radical (unpaired) electrons. The second kappa shape index (κ2) is 17.4. The van der Waals surface area contributed by atoms with Gasteiger partial charge in [0.1, 0.15) is 6.04 Å². The first-order valence-corrected chi connectivity index (χ1v) is 22.2. The van der Waals surface area contributed by atoms with Crippen molar-refractivity contribution in [3.63, 3.8) is 0 Å². The summed E-state index contributed by atoms with van der Waals surface area (Å²) in [6, 6.07) is 24.6. The van der Waals surface area contributed by atoms with E-state index in [2.05, 4.69) is 57.7 Å². The van der Waals surface area contributed by atoms with Gasteiger partial charge in [0.25, 0.3) is 17.7 Å². The number of piperidine rings is 2. The molecule has 15 nitrogen and oxygen atoms in total. The summed E-state index contributed by atoms with van der Waals surface area (Å²) in [4.78, 5) is 86.1. The molecule has 5 aliphatic rings. The average Bonchev–Trinajstić information content (AvgIpc) is 3.68. The number of carbonyl (C=O) groups excluding carboxylic acids is 5. The highest BCUT2D eigenvalue weighted by Crippen LogP contribution is 2.37. The molecule has 3 N–H and O–H groups in total. The Kier molecular flexibility index (Phi) is 11.2. The lowest BCUT2D eigenvalue weighted by atomic mass is 9.94. The minimum atomic E-state index is -0.970. The van der Waals surface area contributed by atoms with Crippen molar-refractivity contribution < 1.29 is 24.0 Å². The van der Waals surface area contributed by atoms with Gasteiger partial charge in [-0.3, -0.25) is 49.0 Å². The highest BCUT2D eigenvalue weighted by Gasteiger charge is 2.46. The van der Waals surface area contributed by atoms with E-state index < -0.39 is 23.8 Å². The first-order valence-electron chi connectivity index (χ1n) is 22.2. The van der Waals surface area contributed by atoms with Crippen molar-refractivity contribution in [1.29, 1.82) is 0 Å². The minimum absolute atomic E-state index is 0.0964. The Hall–Kier alpha value is -6.84. The van der Waals surface area contributed by atoms with Gasteiger partial charge in [-0.05, 0) is 130 Å². The van der Waals surface area contributed by atoms with Crippen LogP contribution in [0, 0.1) is 12.8 Å². The monoisotopic (exact) mass is 858 g/mol. The number of aromatic nitrogens is 3. The highest BCUT2D eigenvalue weighted by atomic mass is 16.2. The van der Waals surface area contributed by atoms with Crippen molar-refractivity contribution in [3.05, 3.63) is 125 Å². The van der Waals surface area contributed by atoms with E-state index in [-0.39, 0.29) is 24.7 Å². The van der Waals surface area contributed by atoms with Gasteiger partial charge in [0, 0.05) is 91.5 Å². The predicted octanol–water partition coefficient (Wildman–Crippen LogP) is 5.81. The van der Waals surface area contributed by atoms with E-state index in [9.17, 15) is 24.0 Å². The van der Waals surface area contributed by atoms with Crippen molar-refractivity contribution in [2.45, 2.75) is 70.1 Å². The predicted molar refractivity (Wildman–Crippen MR) is 241 cm³/mol. The maximum Gasteiger partial charge on any atom is 0.262 e. The summed E-state index contributed by atoms with van der Waals surface area (Å²) in [7, 11) is 0. The number of benzene rings is 3. The molecule has 4 saturated heterocycles. The Bertz CT molecular complexity index is 2620. The molecular weight excluding hydrogens is 809 g/mol. The fourth-order valence-corrected chi connectivity index (χ4v) is 10.1. The van der Waals surface area contributed by atoms with E-state index >= 15 is 0 Å². The third kappa shape index (κ3) is 8.36. The van der Waals surface area contributed by atoms with Gasteiger partial charge in [0.15, 0.2) is 0 Å². The van der Waals surface area contributed by atoms with Gasteiger partial charge in [0.2, 0.25) is 17.8 Å². The third-order valence-electron chi connectivity index (χ3n) is 13.6. The standard InChI is InChI=1S/C49H50N10O5/c1-30-4-9-35(23-42(30)54-49-51-20-16-41(53-49)34-3-2-19-50-25-34)52-45(61)33-7-5-31(6-8-33)26-56-21-17-32(18-22-56)27-58-37-10-11-38(58)29-57(28-37)36-12-13-39-40(24-36)48(64)59(47(39)63)43-14-15-44(60)55-46(43)62/h2-9,12-13,16,19-20,23-25,32,37-38,43H,10-11,14-15,17-18,21-22,26-29H2,1H3,(H,52,61)(H,51,53,54)(H,55,60,62). The molecule has 2 bridgehead atoms. The number of hydrogen-bond acceptors (Lipinski definition) is 12. The number of imide groups is 2. The zero-order chi connectivity index (χ0) is 43.9. The van der Waals surface area contributed by atoms with Gasteiger partial charge in [-0.2, -0.15) is 0 Å². The SMILES string of the molecule is Cc1ccc(NC(=O)c2ccc(CN3CCC(CN4C5CCC4CN(c4ccc6c(c4)C(=O)N(C4CCC(=O)NC4=O)C6=O)C5)CC3)cc2)cc1Nc1nccc(-c2cccnc2)n1. The molecule has 7 heterocycles. The van der Waals surface area contributed by atoms with Gasteiger partial charge < -0.3 is 15.5 Å². The number of piperazine rings is 1. The molecule has 5 aliphatic heterocycles. The van der Waals surface area contributed by atoms with Crippen LogP contribution in [0.5, 0.6) is 0 Å². The molecule has 0 aliphatic carbocycles. The molecule has 2 aromatic heterocycles. The fourth-order valence-electron chi connectivity index (χ4n) is 10.1. The van der Waals surface area contributed by atoms with Crippen LogP contribution in [0.2, 0.25) is 0 Å². The molecule has 5 aromatic rings. The summed E-state index contributed by atoms with van der Waals surface area (Å²) >= 11 is 0. The molecule has 0 spiro atoms. The molecule has 3 aromatic carbocycles. The Morgan fingerprint density at radius 2 is 1.61 bits per heavy atom. The molecule has 3 atom stereocenters. The number of fused-ring (bicyclic) bond motifs is 3. The number of hydrogen-bond donors (Lipinski definition) is 3. The van der Waals surface area contributed by atoms with Crippen LogP contribution in [0.1, 0.15) is 80.7 Å². The van der Waals surface area contributed by atoms with E-state index in [0.717, 1.165) is 98.0 Å². The number of nitrogens with zero attached hydrogens (tertiary/aromatic N) is 7. The Morgan fingerprint density at radius 3 is 2.36 bits per heavy atom. The number of pyridine rings is 1. The van der Waals surface area contributed by atoms with Gasteiger partial charge in [-0.15, -0.1) is 0 Å². The zero-order valence-electron chi connectivity index (χ0n) is 35.7. The van der Waals surface area contributed by atoms with E-state index in [1.165, 1.54) is 5.56 Å². The molecule has 326 valence electrons. The summed E-state index contributed by atoms with van der Waals surface area (Å²) in [6.07, 6.45) is 9.99. The number of nitrogens with one attached hydrogen (secondary N) is 3. The second-order valence-corrected chi connectivity index (χ2v) is 17.7. The molecule has 5 amide bonds. The fraction of sp³-hybridized carbons (Fsp3) is 0.347. The first-order chi connectivity index (χ1) is 31.1. The van der Waals surface area contributed by atoms with Gasteiger partial charge in [-0.1, -0.05) is 18.2 Å². The van der Waals surface area contributed by atoms with Crippen molar-refractivity contribution in [2.75, 3.05) is 48.3 Å². The number of likely N-dealkylation sites (tertiary alicyclic amines) is 1. The maximum absolute atomic E-state index is 13.5. The van der Waals surface area contributed by atoms with Crippen molar-refractivity contribution >= 4 is 52.5 Å². The van der Waals surface area contributed by atoms with E-state index in [0.29, 0.717) is 46.3 Å². The number of amides is 5. The van der Waals surface area contributed by atoms with E-state index in [4.69, 9.17) is 0 Å². The molecule has 4 fully saturated rings. The normalized spacial score (nSPS) is 21.5. The quantitative estimate of drug-likeness (QED) is 0.136. The van der Waals surface area contributed by atoms with Crippen LogP contribution in [0.4, 0.5) is 23.0 Å². The lowest BCUT2D eigenvalue weighted by Gasteiger charge is -2.44. The highest BCUT2D eigenvalue weighted by molar-refractivity contribution is 6.23. The van der Waals surface area contributed by atoms with Crippen molar-refractivity contribution in [3.8, 4) is 11.3 Å². The smallest absolute Gasteiger partial charge is 0.262 e. The largest absolute Gasteiger partial charge is 0.368 e. The third-order valence-corrected chi connectivity index (χ3v) is 13.6. The number of carbonyl (C=O) groups is 5. The number of anilines is 4. The van der Waals surface area contributed by atoms with Crippen LogP contribution in [0.3, 0.4) is 0 Å². The minimum Gasteiger partial charge on any atom is -0.368 e. The molecule has 10 rings (SSSR count). The lowest BCUT2D eigenvalue weighted by Crippen LogP contribution is -2.55. The van der Waals surface area contributed by atoms with E-state index in [1.54, 1.807) is 24.7 Å². The molecular formula is C49H50N10O5.